The van der Waals surface area contributed by atoms with Gasteiger partial charge in [-0.25, -0.2) is 13.2 Å². The largest absolute Gasteiger partial charge is 0.494 e. The minimum atomic E-state index is -3.47. The van der Waals surface area contributed by atoms with Gasteiger partial charge in [0.2, 0.25) is 0 Å². The highest BCUT2D eigenvalue weighted by molar-refractivity contribution is 7.92. The zero-order valence-electron chi connectivity index (χ0n) is 14.2. The zero-order valence-corrected chi connectivity index (χ0v) is 15.8. The Morgan fingerprint density at radius 1 is 1.15 bits per heavy atom. The Balaban J connectivity index is 1.57. The van der Waals surface area contributed by atoms with Crippen molar-refractivity contribution in [3.05, 3.63) is 53.6 Å². The number of rotatable bonds is 5. The van der Waals surface area contributed by atoms with Crippen LogP contribution in [-0.2, 0) is 9.84 Å². The Labute approximate surface area is 157 Å². The summed E-state index contributed by atoms with van der Waals surface area (Å²) in [5.74, 6) is 0.726. The fourth-order valence-corrected chi connectivity index (χ4v) is 4.40. The van der Waals surface area contributed by atoms with Gasteiger partial charge in [-0.05, 0) is 55.5 Å². The molecule has 1 aliphatic rings. The van der Waals surface area contributed by atoms with Gasteiger partial charge in [0, 0.05) is 23.8 Å². The van der Waals surface area contributed by atoms with Crippen molar-refractivity contribution in [2.45, 2.75) is 17.1 Å². The second-order valence-electron chi connectivity index (χ2n) is 5.91. The topological polar surface area (TPSA) is 75.7 Å². The van der Waals surface area contributed by atoms with Crippen molar-refractivity contribution in [2.75, 3.05) is 25.0 Å². The summed E-state index contributed by atoms with van der Waals surface area (Å²) in [6.45, 7) is 2.79. The van der Waals surface area contributed by atoms with Gasteiger partial charge in [0.25, 0.3) is 0 Å². The van der Waals surface area contributed by atoms with Crippen molar-refractivity contribution in [1.29, 1.82) is 0 Å². The maximum absolute atomic E-state index is 12.5. The molecule has 0 aliphatic carbocycles. The molecule has 1 N–H and O–H groups in total. The van der Waals surface area contributed by atoms with Crippen molar-refractivity contribution in [3.63, 3.8) is 0 Å². The first-order valence-electron chi connectivity index (χ1n) is 8.18. The van der Waals surface area contributed by atoms with Gasteiger partial charge < -0.3 is 15.0 Å². The van der Waals surface area contributed by atoms with Gasteiger partial charge in [-0.3, -0.25) is 0 Å². The smallest absolute Gasteiger partial charge is 0.321 e. The summed E-state index contributed by atoms with van der Waals surface area (Å²) < 4.78 is 30.4. The molecule has 2 amide bonds. The molecule has 8 heteroatoms. The summed E-state index contributed by atoms with van der Waals surface area (Å²) in [5, 5.41) is 2.63. The first-order chi connectivity index (χ1) is 12.4. The van der Waals surface area contributed by atoms with E-state index in [1.54, 1.807) is 36.4 Å². The number of nitrogens with one attached hydrogen (secondary N) is 1. The van der Waals surface area contributed by atoms with E-state index in [0.29, 0.717) is 17.3 Å². The molecule has 2 aromatic rings. The fraction of sp³-hybridized carbons (Fsp3) is 0.278. The predicted molar refractivity (Wildman–Crippen MR) is 101 cm³/mol. The molecule has 0 saturated carbocycles. The minimum absolute atomic E-state index is 0.161. The Morgan fingerprint density at radius 2 is 1.77 bits per heavy atom. The van der Waals surface area contributed by atoms with Crippen LogP contribution in [0.2, 0.25) is 5.02 Å². The average Bonchev–Trinajstić information content (AvgIpc) is 2.55. The predicted octanol–water partition coefficient (Wildman–Crippen LogP) is 3.43. The lowest BCUT2D eigenvalue weighted by atomic mass is 10.2. The number of nitrogens with zero attached hydrogens (tertiary/aromatic N) is 1. The maximum atomic E-state index is 12.5. The van der Waals surface area contributed by atoms with E-state index >= 15 is 0 Å². The van der Waals surface area contributed by atoms with Crippen LogP contribution in [0.15, 0.2) is 53.4 Å². The van der Waals surface area contributed by atoms with Crippen molar-refractivity contribution in [3.8, 4) is 5.75 Å². The van der Waals surface area contributed by atoms with E-state index < -0.39 is 15.1 Å². The van der Waals surface area contributed by atoms with Gasteiger partial charge in [0.05, 0.1) is 11.5 Å². The number of anilines is 1. The van der Waals surface area contributed by atoms with Gasteiger partial charge in [-0.15, -0.1) is 0 Å². The van der Waals surface area contributed by atoms with Crippen LogP contribution in [0.3, 0.4) is 0 Å². The highest BCUT2D eigenvalue weighted by Crippen LogP contribution is 2.25. The third-order valence-electron chi connectivity index (χ3n) is 4.13. The number of carbonyl (C=O) groups is 1. The van der Waals surface area contributed by atoms with E-state index in [-0.39, 0.29) is 24.0 Å². The third kappa shape index (κ3) is 3.94. The number of hydrogen-bond donors (Lipinski definition) is 1. The Kier molecular flexibility index (Phi) is 5.38. The lowest BCUT2D eigenvalue weighted by Gasteiger charge is -2.38. The van der Waals surface area contributed by atoms with Gasteiger partial charge in [0.1, 0.15) is 11.0 Å². The van der Waals surface area contributed by atoms with Crippen LogP contribution < -0.4 is 10.1 Å². The van der Waals surface area contributed by atoms with E-state index in [1.807, 2.05) is 6.92 Å². The fourth-order valence-electron chi connectivity index (χ4n) is 2.62. The van der Waals surface area contributed by atoms with E-state index in [9.17, 15) is 13.2 Å². The second kappa shape index (κ2) is 7.55. The first-order valence-corrected chi connectivity index (χ1v) is 10.1. The van der Waals surface area contributed by atoms with Crippen LogP contribution in [-0.4, -0.2) is 44.3 Å². The molecule has 1 heterocycles. The Bertz CT molecular complexity index is 876. The Morgan fingerprint density at radius 3 is 2.35 bits per heavy atom. The molecule has 6 nitrogen and oxygen atoms in total. The van der Waals surface area contributed by atoms with Gasteiger partial charge >= 0.3 is 6.03 Å². The summed E-state index contributed by atoms with van der Waals surface area (Å²) in [5.41, 5.74) is 0.627. The monoisotopic (exact) mass is 394 g/mol. The summed E-state index contributed by atoms with van der Waals surface area (Å²) in [6, 6.07) is 12.8. The van der Waals surface area contributed by atoms with Crippen molar-refractivity contribution in [2.24, 2.45) is 0 Å². The van der Waals surface area contributed by atoms with Crippen LogP contribution in [0.25, 0.3) is 0 Å². The molecule has 0 radical (unpaired) electrons. The van der Waals surface area contributed by atoms with E-state index in [4.69, 9.17) is 16.3 Å². The number of ether oxygens (including phenoxy) is 1. The van der Waals surface area contributed by atoms with Crippen LogP contribution >= 0.6 is 11.6 Å². The quantitative estimate of drug-likeness (QED) is 0.842. The molecule has 0 aromatic heterocycles. The van der Waals surface area contributed by atoms with E-state index in [1.165, 1.54) is 17.0 Å². The number of benzene rings is 2. The van der Waals surface area contributed by atoms with Crippen molar-refractivity contribution >= 4 is 33.2 Å². The highest BCUT2D eigenvalue weighted by atomic mass is 35.5. The van der Waals surface area contributed by atoms with E-state index in [2.05, 4.69) is 5.32 Å². The molecule has 2 aromatic carbocycles. The molecule has 0 spiro atoms. The second-order valence-corrected chi connectivity index (χ2v) is 8.58. The molecule has 138 valence electrons. The maximum Gasteiger partial charge on any atom is 0.321 e. The number of halogens is 1. The Hall–Kier alpha value is -2.25. The molecular formula is C18H19ClN2O4S. The average molecular weight is 395 g/mol. The number of amides is 2. The first kappa shape index (κ1) is 18.5. The van der Waals surface area contributed by atoms with Crippen molar-refractivity contribution in [1.82, 2.24) is 4.90 Å². The third-order valence-corrected chi connectivity index (χ3v) is 6.49. The normalized spacial score (nSPS) is 14.6. The molecule has 0 atom stereocenters. The van der Waals surface area contributed by atoms with E-state index in [0.717, 1.165) is 5.75 Å². The molecule has 1 saturated heterocycles. The van der Waals surface area contributed by atoms with Crippen LogP contribution in [0, 0.1) is 0 Å². The number of likely N-dealkylation sites (tertiary alicyclic amines) is 1. The van der Waals surface area contributed by atoms with Gasteiger partial charge in [-0.2, -0.15) is 0 Å². The number of urea groups is 1. The molecule has 1 aliphatic heterocycles. The van der Waals surface area contributed by atoms with Crippen LogP contribution in [0.4, 0.5) is 10.5 Å². The van der Waals surface area contributed by atoms with Gasteiger partial charge in [-0.1, -0.05) is 11.6 Å². The zero-order chi connectivity index (χ0) is 18.7. The molecular weight excluding hydrogens is 376 g/mol. The lowest BCUT2D eigenvalue weighted by Crippen LogP contribution is -2.58. The summed E-state index contributed by atoms with van der Waals surface area (Å²) in [6.07, 6.45) is 0. The molecule has 26 heavy (non-hydrogen) atoms. The lowest BCUT2D eigenvalue weighted by molar-refractivity contribution is 0.182. The summed E-state index contributed by atoms with van der Waals surface area (Å²) in [4.78, 5) is 13.9. The standard InChI is InChI=1S/C18H19ClN2O4S/c1-2-25-15-7-5-14(6-8-15)20-18(22)21-11-17(12-21)26(23,24)16-9-3-13(19)4-10-16/h3-10,17H,2,11-12H2,1H3,(H,20,22). The molecule has 1 fully saturated rings. The number of carbonyl (C=O) groups excluding carboxylic acids is 1. The summed E-state index contributed by atoms with van der Waals surface area (Å²) in [7, 11) is -3.47. The summed E-state index contributed by atoms with van der Waals surface area (Å²) >= 11 is 5.79. The SMILES string of the molecule is CCOc1ccc(NC(=O)N2CC(S(=O)(=O)c3ccc(Cl)cc3)C2)cc1. The minimum Gasteiger partial charge on any atom is -0.494 e. The molecule has 3 rings (SSSR count). The van der Waals surface area contributed by atoms with Crippen molar-refractivity contribution < 1.29 is 17.9 Å². The number of sulfone groups is 1. The van der Waals surface area contributed by atoms with Crippen LogP contribution in [0.5, 0.6) is 5.75 Å². The number of hydrogen-bond acceptors (Lipinski definition) is 4. The molecule has 0 unspecified atom stereocenters. The van der Waals surface area contributed by atoms with Crippen LogP contribution in [0.1, 0.15) is 6.92 Å². The molecule has 0 bridgehead atoms. The van der Waals surface area contributed by atoms with Gasteiger partial charge in [0.15, 0.2) is 9.84 Å². The highest BCUT2D eigenvalue weighted by Gasteiger charge is 2.40.